The first-order valence-corrected chi connectivity index (χ1v) is 20.5. The van der Waals surface area contributed by atoms with Crippen molar-refractivity contribution in [2.45, 2.75) is 92.4 Å². The van der Waals surface area contributed by atoms with Crippen molar-refractivity contribution in [3.63, 3.8) is 0 Å². The number of carbonyl (C=O) groups is 3. The van der Waals surface area contributed by atoms with Gasteiger partial charge in [0, 0.05) is 0 Å². The van der Waals surface area contributed by atoms with Crippen molar-refractivity contribution in [3.8, 4) is 0 Å². The molecule has 0 saturated heterocycles. The fraction of sp³-hybridized carbons (Fsp3) is 0.741. The van der Waals surface area contributed by atoms with E-state index in [2.05, 4.69) is 27.4 Å². The van der Waals surface area contributed by atoms with Gasteiger partial charge in [0.1, 0.15) is 0 Å². The summed E-state index contributed by atoms with van der Waals surface area (Å²) in [6, 6.07) is 0. The molecule has 202 valence electrons. The minimum atomic E-state index is -2.93. The van der Waals surface area contributed by atoms with Gasteiger partial charge in [0.25, 0.3) is 0 Å². The topological polar surface area (TPSA) is 88.1 Å². The Kier molecular flexibility index (Phi) is 17.9. The van der Waals surface area contributed by atoms with E-state index in [0.29, 0.717) is 0 Å². The second-order valence-electron chi connectivity index (χ2n) is 9.11. The zero-order valence-electron chi connectivity index (χ0n) is 22.9. The predicted octanol–water partition coefficient (Wildman–Crippen LogP) is 6.77. The molecule has 0 aliphatic rings. The number of hydrogen-bond donors (Lipinski definition) is 0. The zero-order valence-corrected chi connectivity index (χ0v) is 25.8. The second-order valence-corrected chi connectivity index (χ2v) is 22.7. The van der Waals surface area contributed by atoms with Gasteiger partial charge >= 0.3 is 217 Å². The summed E-state index contributed by atoms with van der Waals surface area (Å²) in [5, 5.41) is 0. The molecule has 0 aromatic rings. The molecule has 0 bridgehead atoms. The Hall–Kier alpha value is -1.51. The molecule has 0 saturated carbocycles. The molecule has 0 radical (unpaired) electrons. The number of carbonyl (C=O) groups excluding carboxylic acids is 3. The van der Waals surface area contributed by atoms with E-state index in [1.807, 2.05) is 0 Å². The molecule has 0 aromatic heterocycles. The average molecular weight is 603 g/mol. The first kappa shape index (κ1) is 33.5. The second kappa shape index (κ2) is 18.7. The number of rotatable bonds is 19. The van der Waals surface area contributed by atoms with Gasteiger partial charge in [-0.3, -0.25) is 0 Å². The first-order valence-electron chi connectivity index (χ1n) is 13.0. The summed E-state index contributed by atoms with van der Waals surface area (Å²) in [6.07, 6.45) is 9.62. The van der Waals surface area contributed by atoms with Crippen LogP contribution in [-0.4, -0.2) is 63.9 Å². The van der Waals surface area contributed by atoms with Gasteiger partial charge in [-0.15, -0.1) is 0 Å². The number of ether oxygens (including phenoxy) is 4. The Balaban J connectivity index is 6.08. The van der Waals surface area contributed by atoms with Crippen molar-refractivity contribution in [1.82, 2.24) is 0 Å². The maximum absolute atomic E-state index is 13.1. The summed E-state index contributed by atoms with van der Waals surface area (Å²) in [5.74, 6) is -1.24. The molecule has 0 amide bonds. The summed E-state index contributed by atoms with van der Waals surface area (Å²) < 4.78 is 24.6. The van der Waals surface area contributed by atoms with Crippen molar-refractivity contribution in [3.05, 3.63) is 22.3 Å². The molecule has 7 nitrogen and oxygen atoms in total. The quantitative estimate of drug-likeness (QED) is 0.0529. The minimum absolute atomic E-state index is 0.0229. The molecule has 0 aromatic carbocycles. The molecule has 0 atom stereocenters. The van der Waals surface area contributed by atoms with E-state index in [4.69, 9.17) is 18.9 Å². The van der Waals surface area contributed by atoms with Gasteiger partial charge in [0.15, 0.2) is 0 Å². The van der Waals surface area contributed by atoms with E-state index in [-0.39, 0.29) is 26.1 Å². The van der Waals surface area contributed by atoms with Crippen LogP contribution in [0.5, 0.6) is 0 Å². The van der Waals surface area contributed by atoms with Crippen LogP contribution < -0.4 is 0 Å². The Bertz CT molecular complexity index is 649. The molecule has 8 heteroatoms. The maximum atomic E-state index is 13.1. The summed E-state index contributed by atoms with van der Waals surface area (Å²) >= 11 is -2.93. The number of allylic oxidation sites excluding steroid dienone is 2. The van der Waals surface area contributed by atoms with Crippen LogP contribution in [-0.2, 0) is 28.5 Å². The molecule has 0 N–H and O–H groups in total. The Labute approximate surface area is 216 Å². The SMILES string of the molecule is C=[C](CC(C/C=C/COC(=O)OCC)(C(=O)OC)C(=O)OC)[Sn]([CH2]CCC)([CH2]CCC)[CH2]CCC. The van der Waals surface area contributed by atoms with Crippen LogP contribution in [0.4, 0.5) is 4.79 Å². The predicted molar refractivity (Wildman–Crippen MR) is 142 cm³/mol. The van der Waals surface area contributed by atoms with Crippen LogP contribution in [0.3, 0.4) is 0 Å². The molecule has 0 aliphatic heterocycles. The van der Waals surface area contributed by atoms with Crippen LogP contribution >= 0.6 is 0 Å². The third-order valence-electron chi connectivity index (χ3n) is 6.64. The number of hydrogen-bond acceptors (Lipinski definition) is 7. The molecular formula is C27H48O7Sn. The van der Waals surface area contributed by atoms with E-state index < -0.39 is 41.9 Å². The van der Waals surface area contributed by atoms with Crippen molar-refractivity contribution in [2.24, 2.45) is 5.41 Å². The van der Waals surface area contributed by atoms with Crippen LogP contribution in [0.15, 0.2) is 22.3 Å². The van der Waals surface area contributed by atoms with Crippen molar-refractivity contribution in [2.75, 3.05) is 27.4 Å². The zero-order chi connectivity index (χ0) is 26.7. The first-order chi connectivity index (χ1) is 16.7. The molecular weight excluding hydrogens is 555 g/mol. The monoisotopic (exact) mass is 604 g/mol. The van der Waals surface area contributed by atoms with Crippen LogP contribution in [0.25, 0.3) is 0 Å². The molecule has 0 unspecified atom stereocenters. The molecule has 35 heavy (non-hydrogen) atoms. The van der Waals surface area contributed by atoms with Crippen molar-refractivity contribution < 1.29 is 33.3 Å². The number of methoxy groups -OCH3 is 2. The Morgan fingerprint density at radius 1 is 0.800 bits per heavy atom. The molecule has 0 aliphatic carbocycles. The van der Waals surface area contributed by atoms with E-state index in [1.165, 1.54) is 27.5 Å². The van der Waals surface area contributed by atoms with Crippen molar-refractivity contribution >= 4 is 36.5 Å². The van der Waals surface area contributed by atoms with Gasteiger partial charge in [-0.1, -0.05) is 0 Å². The Morgan fingerprint density at radius 3 is 1.69 bits per heavy atom. The average Bonchev–Trinajstić information content (AvgIpc) is 2.86. The third kappa shape index (κ3) is 11.0. The fourth-order valence-corrected chi connectivity index (χ4v) is 20.4. The van der Waals surface area contributed by atoms with Gasteiger partial charge in [0.05, 0.1) is 0 Å². The molecule has 0 spiro atoms. The number of unbranched alkanes of at least 4 members (excludes halogenated alkanes) is 3. The van der Waals surface area contributed by atoms with E-state index >= 15 is 0 Å². The molecule has 0 fully saturated rings. The van der Waals surface area contributed by atoms with E-state index in [0.717, 1.165) is 42.1 Å². The van der Waals surface area contributed by atoms with Crippen LogP contribution in [0.1, 0.15) is 79.1 Å². The molecule has 0 heterocycles. The van der Waals surface area contributed by atoms with Gasteiger partial charge in [-0.25, -0.2) is 0 Å². The Morgan fingerprint density at radius 2 is 1.29 bits per heavy atom. The van der Waals surface area contributed by atoms with Gasteiger partial charge < -0.3 is 0 Å². The van der Waals surface area contributed by atoms with Crippen LogP contribution in [0, 0.1) is 5.41 Å². The van der Waals surface area contributed by atoms with E-state index in [9.17, 15) is 14.4 Å². The third-order valence-corrected chi connectivity index (χ3v) is 22.6. The van der Waals surface area contributed by atoms with E-state index in [1.54, 1.807) is 19.1 Å². The standard InChI is InChI=1S/C15H21O7.3C4H9.Sn/c1-5-9-15(12(16)19-3,13(17)20-4)10-7-8-11-22-14(18)21-6-2;3*1-3-4-2;/h7-8H,1,6,9-11H2,2-4H3;3*1,3-4H2,2H3;/b8-7+;;;;. The summed E-state index contributed by atoms with van der Waals surface area (Å²) in [5.41, 5.74) is -1.51. The summed E-state index contributed by atoms with van der Waals surface area (Å²) in [7, 11) is 2.58. The molecule has 0 rings (SSSR count). The number of esters is 2. The van der Waals surface area contributed by atoms with Gasteiger partial charge in [-0.05, 0) is 0 Å². The normalized spacial score (nSPS) is 11.8. The van der Waals surface area contributed by atoms with Crippen LogP contribution in [0.2, 0.25) is 13.3 Å². The van der Waals surface area contributed by atoms with Gasteiger partial charge in [-0.2, -0.15) is 0 Å². The fourth-order valence-electron chi connectivity index (χ4n) is 4.49. The summed E-state index contributed by atoms with van der Waals surface area (Å²) in [4.78, 5) is 37.6. The van der Waals surface area contributed by atoms with Gasteiger partial charge in [0.2, 0.25) is 0 Å². The summed E-state index contributed by atoms with van der Waals surface area (Å²) in [6.45, 7) is 13.1. The van der Waals surface area contributed by atoms with Crippen molar-refractivity contribution in [1.29, 1.82) is 0 Å².